The van der Waals surface area contributed by atoms with Gasteiger partial charge >= 0.3 is 0 Å². The molecule has 2 aromatic carbocycles. The third-order valence-electron chi connectivity index (χ3n) is 6.31. The summed E-state index contributed by atoms with van der Waals surface area (Å²) in [6.07, 6.45) is 2.44. The highest BCUT2D eigenvalue weighted by Crippen LogP contribution is 2.42. The Hall–Kier alpha value is -2.79. The molecule has 0 aliphatic carbocycles. The fourth-order valence-corrected chi connectivity index (χ4v) is 4.98. The molecule has 1 saturated heterocycles. The third kappa shape index (κ3) is 3.00. The van der Waals surface area contributed by atoms with E-state index in [1.54, 1.807) is 9.80 Å². The van der Waals surface area contributed by atoms with Gasteiger partial charge in [-0.2, -0.15) is 0 Å². The number of hydrogen-bond acceptors (Lipinski definition) is 2. The molecule has 0 spiro atoms. The lowest BCUT2D eigenvalue weighted by molar-refractivity contribution is -0.158. The lowest BCUT2D eigenvalue weighted by atomic mass is 9.86. The molecule has 0 unspecified atom stereocenters. The topological polar surface area (TPSA) is 56.4 Å². The van der Waals surface area contributed by atoms with Crippen molar-refractivity contribution in [2.75, 3.05) is 13.1 Å². The highest BCUT2D eigenvalue weighted by molar-refractivity contribution is 6.30. The van der Waals surface area contributed by atoms with Gasteiger partial charge in [0.2, 0.25) is 11.8 Å². The number of amides is 2. The van der Waals surface area contributed by atoms with E-state index >= 15 is 0 Å². The standard InChI is InChI=1S/C24H24ClN3O2/c1-2-3-12-27-14-21(29)28-20(24(27)30)13-18-17-6-4-5-7-19(17)26-22(18)23(28)15-8-10-16(25)11-9-15/h4-11,20,23,26H,2-3,12-14H2,1H3/t20-,23-/m1/s1. The average molecular weight is 422 g/mol. The van der Waals surface area contributed by atoms with Crippen LogP contribution in [0.2, 0.25) is 5.02 Å². The van der Waals surface area contributed by atoms with E-state index in [0.29, 0.717) is 18.0 Å². The van der Waals surface area contributed by atoms with Crippen LogP contribution in [0, 0.1) is 0 Å². The minimum absolute atomic E-state index is 0.0000378. The van der Waals surface area contributed by atoms with Gasteiger partial charge in [0.1, 0.15) is 6.04 Å². The van der Waals surface area contributed by atoms with Crippen molar-refractivity contribution >= 4 is 34.3 Å². The Kier molecular flexibility index (Phi) is 4.78. The van der Waals surface area contributed by atoms with Crippen molar-refractivity contribution in [2.24, 2.45) is 0 Å². The van der Waals surface area contributed by atoms with Gasteiger partial charge in [-0.3, -0.25) is 9.59 Å². The monoisotopic (exact) mass is 421 g/mol. The van der Waals surface area contributed by atoms with Gasteiger partial charge in [-0.25, -0.2) is 0 Å². The normalized spacial score (nSPS) is 21.1. The third-order valence-corrected chi connectivity index (χ3v) is 6.56. The number of rotatable bonds is 4. The van der Waals surface area contributed by atoms with Crippen LogP contribution in [0.3, 0.4) is 0 Å². The zero-order valence-electron chi connectivity index (χ0n) is 16.9. The molecule has 154 valence electrons. The van der Waals surface area contributed by atoms with Gasteiger partial charge in [0, 0.05) is 34.6 Å². The largest absolute Gasteiger partial charge is 0.356 e. The highest BCUT2D eigenvalue weighted by Gasteiger charge is 2.47. The molecule has 5 nitrogen and oxygen atoms in total. The van der Waals surface area contributed by atoms with Gasteiger partial charge in [-0.1, -0.05) is 55.3 Å². The summed E-state index contributed by atoms with van der Waals surface area (Å²) in [4.78, 5) is 33.8. The molecule has 30 heavy (non-hydrogen) atoms. The Labute approximate surface area is 180 Å². The summed E-state index contributed by atoms with van der Waals surface area (Å²) in [7, 11) is 0. The number of para-hydroxylation sites is 1. The number of H-pyrrole nitrogens is 1. The van der Waals surface area contributed by atoms with Crippen molar-refractivity contribution in [3.05, 3.63) is 70.4 Å². The van der Waals surface area contributed by atoms with Gasteiger partial charge in [-0.15, -0.1) is 0 Å². The number of nitrogens with one attached hydrogen (secondary N) is 1. The maximum atomic E-state index is 13.4. The second-order valence-corrected chi connectivity index (χ2v) is 8.59. The van der Waals surface area contributed by atoms with E-state index < -0.39 is 6.04 Å². The Balaban J connectivity index is 1.66. The molecular weight excluding hydrogens is 398 g/mol. The number of halogens is 1. The Morgan fingerprint density at radius 3 is 2.63 bits per heavy atom. The minimum Gasteiger partial charge on any atom is -0.356 e. The lowest BCUT2D eigenvalue weighted by Gasteiger charge is -2.47. The van der Waals surface area contributed by atoms with Crippen LogP contribution in [0.15, 0.2) is 48.5 Å². The first-order valence-electron chi connectivity index (χ1n) is 10.5. The second kappa shape index (κ2) is 7.47. The first kappa shape index (κ1) is 19.2. The summed E-state index contributed by atoms with van der Waals surface area (Å²) >= 11 is 6.12. The summed E-state index contributed by atoms with van der Waals surface area (Å²) < 4.78 is 0. The average Bonchev–Trinajstić information content (AvgIpc) is 3.13. The molecule has 2 aliphatic heterocycles. The maximum absolute atomic E-state index is 13.4. The van der Waals surface area contributed by atoms with Gasteiger partial charge in [0.05, 0.1) is 12.6 Å². The van der Waals surface area contributed by atoms with E-state index in [9.17, 15) is 9.59 Å². The first-order valence-corrected chi connectivity index (χ1v) is 10.9. The van der Waals surface area contributed by atoms with E-state index in [0.717, 1.165) is 40.6 Å². The predicted octanol–water partition coefficient (Wildman–Crippen LogP) is 4.31. The lowest BCUT2D eigenvalue weighted by Crippen LogP contribution is -2.63. The Morgan fingerprint density at radius 1 is 1.10 bits per heavy atom. The van der Waals surface area contributed by atoms with Gasteiger partial charge in [0.25, 0.3) is 0 Å². The molecule has 1 aromatic heterocycles. The second-order valence-electron chi connectivity index (χ2n) is 8.15. The zero-order valence-corrected chi connectivity index (χ0v) is 17.7. The van der Waals surface area contributed by atoms with E-state index in [4.69, 9.17) is 11.6 Å². The van der Waals surface area contributed by atoms with Gasteiger partial charge < -0.3 is 14.8 Å². The summed E-state index contributed by atoms with van der Waals surface area (Å²) in [5.41, 5.74) is 4.12. The van der Waals surface area contributed by atoms with Crippen molar-refractivity contribution in [1.29, 1.82) is 0 Å². The van der Waals surface area contributed by atoms with Crippen molar-refractivity contribution < 1.29 is 9.59 Å². The van der Waals surface area contributed by atoms with Crippen molar-refractivity contribution in [2.45, 2.75) is 38.3 Å². The zero-order chi connectivity index (χ0) is 20.8. The van der Waals surface area contributed by atoms with Crippen LogP contribution in [-0.2, 0) is 16.0 Å². The molecule has 0 radical (unpaired) electrons. The summed E-state index contributed by atoms with van der Waals surface area (Å²) in [5, 5.41) is 1.77. The molecule has 5 rings (SSSR count). The fraction of sp³-hybridized carbons (Fsp3) is 0.333. The molecule has 2 amide bonds. The number of carbonyl (C=O) groups excluding carboxylic acids is 2. The van der Waals surface area contributed by atoms with Crippen LogP contribution in [0.5, 0.6) is 0 Å². The number of benzene rings is 2. The van der Waals surface area contributed by atoms with Crippen LogP contribution in [0.4, 0.5) is 0 Å². The van der Waals surface area contributed by atoms with Crippen LogP contribution in [-0.4, -0.2) is 45.7 Å². The van der Waals surface area contributed by atoms with Crippen LogP contribution in [0.25, 0.3) is 10.9 Å². The number of carbonyl (C=O) groups is 2. The quantitative estimate of drug-likeness (QED) is 0.682. The molecule has 0 saturated carbocycles. The number of aromatic nitrogens is 1. The van der Waals surface area contributed by atoms with Crippen molar-refractivity contribution in [3.63, 3.8) is 0 Å². The molecule has 3 heterocycles. The summed E-state index contributed by atoms with van der Waals surface area (Å²) in [6.45, 7) is 2.88. The van der Waals surface area contributed by atoms with Crippen LogP contribution >= 0.6 is 11.6 Å². The number of fused-ring (bicyclic) bond motifs is 4. The van der Waals surface area contributed by atoms with Crippen LogP contribution in [0.1, 0.15) is 42.6 Å². The number of piperazine rings is 1. The number of aromatic amines is 1. The SMILES string of the molecule is CCCCN1CC(=O)N2[C@H](c3ccc(Cl)cc3)c3[nH]c4ccccc4c3C[C@@H]2C1=O. The van der Waals surface area contributed by atoms with Gasteiger partial charge in [-0.05, 0) is 35.7 Å². The summed E-state index contributed by atoms with van der Waals surface area (Å²) in [5.74, 6) is 0.0536. The molecular formula is C24H24ClN3O2. The molecule has 1 fully saturated rings. The number of unbranched alkanes of at least 4 members (excludes halogenated alkanes) is 1. The smallest absolute Gasteiger partial charge is 0.246 e. The minimum atomic E-state index is -0.476. The van der Waals surface area contributed by atoms with Crippen LogP contribution < -0.4 is 0 Å². The summed E-state index contributed by atoms with van der Waals surface area (Å²) in [6, 6.07) is 14.9. The van der Waals surface area contributed by atoms with E-state index in [-0.39, 0.29) is 24.4 Å². The Morgan fingerprint density at radius 2 is 1.87 bits per heavy atom. The molecule has 2 atom stereocenters. The number of nitrogens with zero attached hydrogens (tertiary/aromatic N) is 2. The molecule has 0 bridgehead atoms. The number of hydrogen-bond donors (Lipinski definition) is 1. The van der Waals surface area contributed by atoms with Crippen molar-refractivity contribution in [3.8, 4) is 0 Å². The fourth-order valence-electron chi connectivity index (χ4n) is 4.85. The first-order chi connectivity index (χ1) is 14.6. The van der Waals surface area contributed by atoms with E-state index in [2.05, 4.69) is 18.0 Å². The molecule has 2 aliphatic rings. The highest BCUT2D eigenvalue weighted by atomic mass is 35.5. The molecule has 3 aromatic rings. The molecule has 1 N–H and O–H groups in total. The maximum Gasteiger partial charge on any atom is 0.246 e. The molecule has 6 heteroatoms. The van der Waals surface area contributed by atoms with Gasteiger partial charge in [0.15, 0.2) is 0 Å². The van der Waals surface area contributed by atoms with E-state index in [1.165, 1.54) is 0 Å². The van der Waals surface area contributed by atoms with E-state index in [1.807, 2.05) is 42.5 Å². The predicted molar refractivity (Wildman–Crippen MR) is 117 cm³/mol. The Bertz CT molecular complexity index is 1120. The van der Waals surface area contributed by atoms with Crippen molar-refractivity contribution in [1.82, 2.24) is 14.8 Å².